The van der Waals surface area contributed by atoms with E-state index in [9.17, 15) is 4.39 Å². The molecule has 1 fully saturated rings. The molecular formula is C14H20FN. The molecule has 1 saturated heterocycles. The van der Waals surface area contributed by atoms with Crippen LogP contribution in [-0.4, -0.2) is 19.3 Å². The molecule has 1 aliphatic rings. The maximum atomic E-state index is 14.0. The summed E-state index contributed by atoms with van der Waals surface area (Å²) >= 11 is 0. The highest BCUT2D eigenvalue weighted by Crippen LogP contribution is 2.22. The van der Waals surface area contributed by atoms with Crippen LogP contribution in [0, 0.1) is 12.8 Å². The molecule has 1 atom stereocenters. The van der Waals surface area contributed by atoms with Crippen LogP contribution in [0.4, 0.5) is 4.39 Å². The Morgan fingerprint density at radius 3 is 2.50 bits per heavy atom. The highest BCUT2D eigenvalue weighted by Gasteiger charge is 2.23. The van der Waals surface area contributed by atoms with E-state index in [1.807, 2.05) is 12.1 Å². The molecule has 0 aromatic heterocycles. The predicted octanol–water partition coefficient (Wildman–Crippen LogP) is 2.88. The lowest BCUT2D eigenvalue weighted by molar-refractivity contribution is 0.187. The van der Waals surface area contributed by atoms with Crippen LogP contribution in [0.5, 0.6) is 0 Å². The molecule has 0 saturated carbocycles. The number of rotatable bonds is 3. The van der Waals surface area contributed by atoms with Gasteiger partial charge >= 0.3 is 0 Å². The summed E-state index contributed by atoms with van der Waals surface area (Å²) in [5.74, 6) is 0.252. The number of hydrogen-bond acceptors (Lipinski definition) is 1. The zero-order valence-corrected chi connectivity index (χ0v) is 9.88. The average Bonchev–Trinajstić information content (AvgIpc) is 2.33. The second-order valence-electron chi connectivity index (χ2n) is 4.79. The smallest absolute Gasteiger partial charge is 0.107 e. The second-order valence-corrected chi connectivity index (χ2v) is 4.79. The first-order chi connectivity index (χ1) is 7.75. The minimum atomic E-state index is -0.676. The molecule has 1 unspecified atom stereocenters. The lowest BCUT2D eigenvalue weighted by atomic mass is 9.89. The molecule has 0 aliphatic carbocycles. The second kappa shape index (κ2) is 5.44. The number of aryl methyl sites for hydroxylation is 1. The van der Waals surface area contributed by atoms with Crippen molar-refractivity contribution in [1.82, 2.24) is 5.32 Å². The Hall–Kier alpha value is -0.890. The van der Waals surface area contributed by atoms with Crippen LogP contribution in [0.25, 0.3) is 0 Å². The highest BCUT2D eigenvalue weighted by molar-refractivity contribution is 5.21. The van der Waals surface area contributed by atoms with Gasteiger partial charge in [0.05, 0.1) is 0 Å². The van der Waals surface area contributed by atoms with Crippen molar-refractivity contribution in [3.63, 3.8) is 0 Å². The number of hydrogen-bond donors (Lipinski definition) is 1. The van der Waals surface area contributed by atoms with Gasteiger partial charge < -0.3 is 5.32 Å². The third-order valence-electron chi connectivity index (χ3n) is 3.45. The van der Waals surface area contributed by atoms with Crippen LogP contribution < -0.4 is 5.32 Å². The molecule has 0 amide bonds. The Morgan fingerprint density at radius 2 is 1.88 bits per heavy atom. The minimum Gasteiger partial charge on any atom is -0.317 e. The molecule has 1 N–H and O–H groups in total. The number of halogens is 1. The average molecular weight is 221 g/mol. The highest BCUT2D eigenvalue weighted by atomic mass is 19.1. The lowest BCUT2D eigenvalue weighted by Gasteiger charge is -2.25. The Bertz CT molecular complexity index is 314. The van der Waals surface area contributed by atoms with Gasteiger partial charge in [0.2, 0.25) is 0 Å². The third kappa shape index (κ3) is 3.05. The van der Waals surface area contributed by atoms with Gasteiger partial charge in [-0.2, -0.15) is 0 Å². The number of nitrogens with one attached hydrogen (secondary N) is 1. The first-order valence-electron chi connectivity index (χ1n) is 6.16. The maximum absolute atomic E-state index is 14.0. The summed E-state index contributed by atoms with van der Waals surface area (Å²) in [4.78, 5) is 0. The summed E-state index contributed by atoms with van der Waals surface area (Å²) in [6.07, 6.45) is 1.86. The SMILES string of the molecule is Cc1ccc(CC(F)C2CCNCC2)cc1. The Morgan fingerprint density at radius 1 is 1.25 bits per heavy atom. The fourth-order valence-electron chi connectivity index (χ4n) is 2.32. The van der Waals surface area contributed by atoms with Crippen LogP contribution >= 0.6 is 0 Å². The standard InChI is InChI=1S/C14H20FN/c1-11-2-4-12(5-3-11)10-14(15)13-6-8-16-9-7-13/h2-5,13-14,16H,6-10H2,1H3. The van der Waals surface area contributed by atoms with Gasteiger partial charge in [0.25, 0.3) is 0 Å². The maximum Gasteiger partial charge on any atom is 0.107 e. The summed E-state index contributed by atoms with van der Waals surface area (Å²) in [7, 11) is 0. The van der Waals surface area contributed by atoms with Crippen LogP contribution in [0.15, 0.2) is 24.3 Å². The van der Waals surface area contributed by atoms with E-state index < -0.39 is 6.17 Å². The largest absolute Gasteiger partial charge is 0.317 e. The molecule has 1 aromatic rings. The molecule has 2 heteroatoms. The van der Waals surface area contributed by atoms with Gasteiger partial charge in [0.15, 0.2) is 0 Å². The first-order valence-corrected chi connectivity index (χ1v) is 6.16. The van der Waals surface area contributed by atoms with Crippen molar-refractivity contribution in [2.45, 2.75) is 32.4 Å². The van der Waals surface area contributed by atoms with Crippen molar-refractivity contribution >= 4 is 0 Å². The summed E-state index contributed by atoms with van der Waals surface area (Å²) < 4.78 is 14.0. The Kier molecular flexibility index (Phi) is 3.94. The molecule has 1 nitrogen and oxygen atoms in total. The van der Waals surface area contributed by atoms with Crippen molar-refractivity contribution in [1.29, 1.82) is 0 Å². The van der Waals surface area contributed by atoms with Crippen LogP contribution in [0.3, 0.4) is 0 Å². The van der Waals surface area contributed by atoms with Gasteiger partial charge in [-0.25, -0.2) is 4.39 Å². The third-order valence-corrected chi connectivity index (χ3v) is 3.45. The van der Waals surface area contributed by atoms with Crippen molar-refractivity contribution < 1.29 is 4.39 Å². The van der Waals surface area contributed by atoms with E-state index in [2.05, 4.69) is 24.4 Å². The molecule has 0 spiro atoms. The van der Waals surface area contributed by atoms with E-state index in [0.29, 0.717) is 6.42 Å². The summed E-state index contributed by atoms with van der Waals surface area (Å²) in [6, 6.07) is 8.21. The fourth-order valence-corrected chi connectivity index (χ4v) is 2.32. The van der Waals surface area contributed by atoms with Gasteiger partial charge in [-0.15, -0.1) is 0 Å². The van der Waals surface area contributed by atoms with E-state index in [1.165, 1.54) is 5.56 Å². The number of benzene rings is 1. The van der Waals surface area contributed by atoms with Gasteiger partial charge in [-0.05, 0) is 44.3 Å². The summed E-state index contributed by atoms with van der Waals surface area (Å²) in [5, 5.41) is 3.27. The van der Waals surface area contributed by atoms with E-state index in [-0.39, 0.29) is 5.92 Å². The monoisotopic (exact) mass is 221 g/mol. The Balaban J connectivity index is 1.90. The van der Waals surface area contributed by atoms with Crippen molar-refractivity contribution in [2.24, 2.45) is 5.92 Å². The topological polar surface area (TPSA) is 12.0 Å². The zero-order valence-electron chi connectivity index (χ0n) is 9.88. The molecule has 88 valence electrons. The van der Waals surface area contributed by atoms with E-state index in [0.717, 1.165) is 31.5 Å². The van der Waals surface area contributed by atoms with Crippen LogP contribution in [-0.2, 0) is 6.42 Å². The van der Waals surface area contributed by atoms with E-state index in [4.69, 9.17) is 0 Å². The van der Waals surface area contributed by atoms with Crippen molar-refractivity contribution in [3.05, 3.63) is 35.4 Å². The molecule has 16 heavy (non-hydrogen) atoms. The van der Waals surface area contributed by atoms with E-state index >= 15 is 0 Å². The van der Waals surface area contributed by atoms with Gasteiger partial charge in [0.1, 0.15) is 6.17 Å². The predicted molar refractivity (Wildman–Crippen MR) is 65.4 cm³/mol. The Labute approximate surface area is 97.1 Å². The van der Waals surface area contributed by atoms with Gasteiger partial charge in [-0.1, -0.05) is 29.8 Å². The number of alkyl halides is 1. The van der Waals surface area contributed by atoms with Crippen LogP contribution in [0.2, 0.25) is 0 Å². The zero-order chi connectivity index (χ0) is 11.4. The molecule has 0 bridgehead atoms. The summed E-state index contributed by atoms with van der Waals surface area (Å²) in [6.45, 7) is 4.00. The molecule has 0 radical (unpaired) electrons. The quantitative estimate of drug-likeness (QED) is 0.827. The van der Waals surface area contributed by atoms with Crippen molar-refractivity contribution in [2.75, 3.05) is 13.1 Å². The van der Waals surface area contributed by atoms with Crippen LogP contribution in [0.1, 0.15) is 24.0 Å². The number of piperidine rings is 1. The first kappa shape index (κ1) is 11.6. The molecule has 1 aromatic carbocycles. The molecular weight excluding hydrogens is 201 g/mol. The fraction of sp³-hybridized carbons (Fsp3) is 0.571. The van der Waals surface area contributed by atoms with E-state index in [1.54, 1.807) is 0 Å². The molecule has 1 aliphatic heterocycles. The normalized spacial score (nSPS) is 19.6. The lowest BCUT2D eigenvalue weighted by Crippen LogP contribution is -2.33. The molecule has 1 heterocycles. The molecule has 2 rings (SSSR count). The van der Waals surface area contributed by atoms with Crippen molar-refractivity contribution in [3.8, 4) is 0 Å². The summed E-state index contributed by atoms with van der Waals surface area (Å²) in [5.41, 5.74) is 2.36. The van der Waals surface area contributed by atoms with Gasteiger partial charge in [-0.3, -0.25) is 0 Å². The van der Waals surface area contributed by atoms with Gasteiger partial charge in [0, 0.05) is 6.42 Å². The minimum absolute atomic E-state index is 0.252.